The number of benzene rings is 1. The van der Waals surface area contributed by atoms with Crippen molar-refractivity contribution in [1.82, 2.24) is 14.9 Å². The summed E-state index contributed by atoms with van der Waals surface area (Å²) in [4.78, 5) is 39.8. The Morgan fingerprint density at radius 1 is 1.08 bits per heavy atom. The Morgan fingerprint density at radius 3 is 2.39 bits per heavy atom. The number of aryl methyl sites for hydroxylation is 1. The quantitative estimate of drug-likeness (QED) is 0.147. The van der Waals surface area contributed by atoms with Crippen molar-refractivity contribution in [2.75, 3.05) is 18.5 Å². The van der Waals surface area contributed by atoms with Gasteiger partial charge in [-0.3, -0.25) is 9.69 Å². The summed E-state index contributed by atoms with van der Waals surface area (Å²) in [6.45, 7) is 21.7. The standard InChI is InChI=1S/C39H55ClN4O5SSi/c1-22(2)51(23(3)4,24(5)6)49-33-17-29(15-27(33)20-45)43-37-32(19-41-21-42-37)36(46)34-18-30(25(7)50-34)35-31-16-28(40)12-11-26(31)13-14-44(35)38(47)48-39(8,9)10/h11-12,16,18-19,21-24,27,29,33,35,45H,13-15,17,20H2,1-10H3,(H,41,42,43)/t27-,29-,33+,35+/m1/s1. The zero-order valence-corrected chi connectivity index (χ0v) is 34.3. The first kappa shape index (κ1) is 39.4. The van der Waals surface area contributed by atoms with Crippen LogP contribution >= 0.6 is 22.9 Å². The number of nitrogens with one attached hydrogen (secondary N) is 1. The molecule has 2 aliphatic rings. The van der Waals surface area contributed by atoms with Crippen molar-refractivity contribution >= 4 is 48.9 Å². The fourth-order valence-electron chi connectivity index (χ4n) is 8.47. The third-order valence-corrected chi connectivity index (χ3v) is 18.1. The molecule has 0 bridgehead atoms. The van der Waals surface area contributed by atoms with Crippen molar-refractivity contribution < 1.29 is 23.9 Å². The van der Waals surface area contributed by atoms with Gasteiger partial charge in [-0.15, -0.1) is 11.3 Å². The highest BCUT2D eigenvalue weighted by Gasteiger charge is 2.49. The van der Waals surface area contributed by atoms with Gasteiger partial charge in [0.25, 0.3) is 0 Å². The predicted octanol–water partition coefficient (Wildman–Crippen LogP) is 9.36. The van der Waals surface area contributed by atoms with Crippen LogP contribution in [0.5, 0.6) is 0 Å². The molecular weight excluding hydrogens is 700 g/mol. The third-order valence-electron chi connectivity index (χ3n) is 10.7. The number of carbonyl (C=O) groups is 2. The molecule has 0 spiro atoms. The number of hydrogen-bond donors (Lipinski definition) is 2. The number of thiophene rings is 1. The highest BCUT2D eigenvalue weighted by atomic mass is 35.5. The molecule has 1 aromatic carbocycles. The second-order valence-corrected chi connectivity index (χ2v) is 23.2. The van der Waals surface area contributed by atoms with Crippen molar-refractivity contribution in [3.8, 4) is 0 Å². The van der Waals surface area contributed by atoms with Crippen LogP contribution in [0, 0.1) is 12.8 Å². The van der Waals surface area contributed by atoms with Crippen molar-refractivity contribution in [2.45, 2.75) is 129 Å². The van der Waals surface area contributed by atoms with Crippen LogP contribution in [0.15, 0.2) is 36.8 Å². The first-order chi connectivity index (χ1) is 24.0. The number of nitrogens with zero attached hydrogens (tertiary/aromatic N) is 3. The lowest BCUT2D eigenvalue weighted by atomic mass is 9.88. The van der Waals surface area contributed by atoms with Crippen LogP contribution in [-0.2, 0) is 15.6 Å². The molecule has 1 aliphatic carbocycles. The highest BCUT2D eigenvalue weighted by Crippen LogP contribution is 2.46. The summed E-state index contributed by atoms with van der Waals surface area (Å²) in [6.07, 6.45) is 4.64. The van der Waals surface area contributed by atoms with E-state index in [1.807, 2.05) is 52.0 Å². The van der Waals surface area contributed by atoms with Crippen molar-refractivity contribution in [2.24, 2.45) is 5.92 Å². The first-order valence-electron chi connectivity index (χ1n) is 18.2. The summed E-state index contributed by atoms with van der Waals surface area (Å²) in [5, 5.41) is 14.6. The maximum atomic E-state index is 14.3. The normalized spacial score (nSPS) is 21.0. The first-order valence-corrected chi connectivity index (χ1v) is 21.6. The van der Waals surface area contributed by atoms with E-state index < -0.39 is 26.1 Å². The monoisotopic (exact) mass is 754 g/mol. The molecule has 4 atom stereocenters. The molecule has 0 radical (unpaired) electrons. The second kappa shape index (κ2) is 15.6. The summed E-state index contributed by atoms with van der Waals surface area (Å²) in [6, 6.07) is 7.20. The van der Waals surface area contributed by atoms with Gasteiger partial charge in [0, 0.05) is 41.2 Å². The zero-order chi connectivity index (χ0) is 37.4. The van der Waals surface area contributed by atoms with E-state index in [-0.39, 0.29) is 30.5 Å². The topological polar surface area (TPSA) is 114 Å². The van der Waals surface area contributed by atoms with E-state index in [0.29, 0.717) is 57.3 Å². The van der Waals surface area contributed by atoms with Crippen LogP contribution in [-0.4, -0.2) is 71.1 Å². The lowest BCUT2D eigenvalue weighted by Gasteiger charge is -2.45. The van der Waals surface area contributed by atoms with Crippen LogP contribution in [0.4, 0.5) is 10.6 Å². The number of fused-ring (bicyclic) bond motifs is 1. The number of anilines is 1. The summed E-state index contributed by atoms with van der Waals surface area (Å²) in [7, 11) is -2.17. The number of halogens is 1. The largest absolute Gasteiger partial charge is 0.444 e. The number of aromatic nitrogens is 2. The SMILES string of the molecule is Cc1sc(C(=O)c2cncnc2N[C@@H]2C[C@H](CO)[C@@H](O[Si](C(C)C)(C(C)C)C(C)C)C2)cc1[C@H]1c2cc(Cl)ccc2CCN1C(=O)OC(C)(C)C. The van der Waals surface area contributed by atoms with E-state index >= 15 is 0 Å². The maximum Gasteiger partial charge on any atom is 0.411 e. The Morgan fingerprint density at radius 2 is 1.76 bits per heavy atom. The minimum atomic E-state index is -2.17. The van der Waals surface area contributed by atoms with Gasteiger partial charge >= 0.3 is 6.09 Å². The number of aliphatic hydroxyl groups excluding tert-OH is 1. The van der Waals surface area contributed by atoms with Gasteiger partial charge in [-0.1, -0.05) is 59.2 Å². The Bertz CT molecular complexity index is 1700. The molecule has 1 aliphatic heterocycles. The molecule has 2 aromatic heterocycles. The molecule has 5 rings (SSSR count). The molecule has 1 amide bonds. The van der Waals surface area contributed by atoms with E-state index in [1.54, 1.807) is 11.1 Å². The lowest BCUT2D eigenvalue weighted by Crippen LogP contribution is -2.51. The van der Waals surface area contributed by atoms with Crippen LogP contribution in [0.1, 0.15) is 118 Å². The third kappa shape index (κ3) is 8.22. The molecular formula is C39H55ClN4O5SSi. The number of ether oxygens (including phenoxy) is 1. The maximum absolute atomic E-state index is 14.3. The molecule has 1 saturated carbocycles. The molecule has 278 valence electrons. The average Bonchev–Trinajstić information content (AvgIpc) is 3.63. The molecule has 1 fully saturated rings. The van der Waals surface area contributed by atoms with Crippen molar-refractivity contribution in [1.29, 1.82) is 0 Å². The van der Waals surface area contributed by atoms with Gasteiger partial charge in [0.1, 0.15) is 17.7 Å². The Balaban J connectivity index is 1.43. The Kier molecular flexibility index (Phi) is 12.1. The number of carbonyl (C=O) groups excluding carboxylic acids is 2. The van der Waals surface area contributed by atoms with Crippen LogP contribution in [0.2, 0.25) is 21.6 Å². The van der Waals surface area contributed by atoms with E-state index in [1.165, 1.54) is 17.7 Å². The van der Waals surface area contributed by atoms with Crippen LogP contribution in [0.3, 0.4) is 0 Å². The summed E-state index contributed by atoms with van der Waals surface area (Å²) >= 11 is 7.89. The van der Waals surface area contributed by atoms with Gasteiger partial charge in [0.05, 0.1) is 22.6 Å². The van der Waals surface area contributed by atoms with Gasteiger partial charge in [-0.05, 0) is 98.5 Å². The van der Waals surface area contributed by atoms with Crippen molar-refractivity contribution in [3.63, 3.8) is 0 Å². The van der Waals surface area contributed by atoms with Gasteiger partial charge in [0.15, 0.2) is 0 Å². The van der Waals surface area contributed by atoms with E-state index in [2.05, 4.69) is 56.8 Å². The molecule has 3 heterocycles. The summed E-state index contributed by atoms with van der Waals surface area (Å²) in [5.41, 5.74) is 3.92. The molecule has 0 unspecified atom stereocenters. The van der Waals surface area contributed by atoms with E-state index in [9.17, 15) is 14.7 Å². The molecule has 3 aromatic rings. The molecule has 2 N–H and O–H groups in total. The fraction of sp³-hybridized carbons (Fsp3) is 0.590. The minimum absolute atomic E-state index is 0.00564. The van der Waals surface area contributed by atoms with Crippen LogP contribution < -0.4 is 5.32 Å². The number of aliphatic hydroxyl groups is 1. The molecule has 12 heteroatoms. The summed E-state index contributed by atoms with van der Waals surface area (Å²) in [5.74, 6) is 0.267. The highest BCUT2D eigenvalue weighted by molar-refractivity contribution is 7.14. The van der Waals surface area contributed by atoms with Crippen molar-refractivity contribution in [3.05, 3.63) is 73.8 Å². The average molecular weight is 755 g/mol. The molecule has 0 saturated heterocycles. The van der Waals surface area contributed by atoms with Crippen LogP contribution in [0.25, 0.3) is 0 Å². The number of hydrogen-bond acceptors (Lipinski definition) is 9. The number of rotatable bonds is 11. The predicted molar refractivity (Wildman–Crippen MR) is 208 cm³/mol. The minimum Gasteiger partial charge on any atom is -0.444 e. The lowest BCUT2D eigenvalue weighted by molar-refractivity contribution is 0.0178. The Labute approximate surface area is 313 Å². The zero-order valence-electron chi connectivity index (χ0n) is 31.7. The Hall–Kier alpha value is -2.83. The number of ketones is 1. The number of amides is 1. The van der Waals surface area contributed by atoms with Gasteiger partial charge in [0.2, 0.25) is 14.1 Å². The van der Waals surface area contributed by atoms with Gasteiger partial charge in [-0.25, -0.2) is 14.8 Å². The smallest absolute Gasteiger partial charge is 0.411 e. The van der Waals surface area contributed by atoms with E-state index in [0.717, 1.165) is 28.0 Å². The van der Waals surface area contributed by atoms with Gasteiger partial charge < -0.3 is 19.6 Å². The van der Waals surface area contributed by atoms with Gasteiger partial charge in [-0.2, -0.15) is 0 Å². The molecule has 9 nitrogen and oxygen atoms in total. The van der Waals surface area contributed by atoms with E-state index in [4.69, 9.17) is 20.8 Å². The fourth-order valence-corrected chi connectivity index (χ4v) is 15.3. The second-order valence-electron chi connectivity index (χ2n) is 16.1. The molecule has 51 heavy (non-hydrogen) atoms. The summed E-state index contributed by atoms with van der Waals surface area (Å²) < 4.78 is 13.0.